The Hall–Kier alpha value is -2.56. The maximum absolute atomic E-state index is 13.3. The van der Waals surface area contributed by atoms with Crippen LogP contribution in [0.2, 0.25) is 0 Å². The molecule has 0 aliphatic carbocycles. The van der Waals surface area contributed by atoms with Crippen LogP contribution >= 0.6 is 0 Å². The zero-order chi connectivity index (χ0) is 17.5. The van der Waals surface area contributed by atoms with Crippen molar-refractivity contribution in [2.45, 2.75) is 20.0 Å². The van der Waals surface area contributed by atoms with Crippen LogP contribution in [0.5, 0.6) is 0 Å². The summed E-state index contributed by atoms with van der Waals surface area (Å²) in [5, 5.41) is 6.52. The summed E-state index contributed by atoms with van der Waals surface area (Å²) in [6.45, 7) is 3.06. The number of hydrogen-bond donors (Lipinski definition) is 2. The molecule has 5 heteroatoms. The molecule has 0 aliphatic rings. The Morgan fingerprint density at radius 1 is 1.00 bits per heavy atom. The summed E-state index contributed by atoms with van der Waals surface area (Å²) in [6, 6.07) is 13.5. The summed E-state index contributed by atoms with van der Waals surface area (Å²) in [5.41, 5.74) is 4.03. The van der Waals surface area contributed by atoms with Crippen LogP contribution in [0.4, 0.5) is 10.1 Å². The third-order valence-electron chi connectivity index (χ3n) is 3.82. The molecular weight excluding hydrogens is 303 g/mol. The highest BCUT2D eigenvalue weighted by Crippen LogP contribution is 2.12. The summed E-state index contributed by atoms with van der Waals surface area (Å²) in [4.78, 5) is 6.29. The molecule has 0 radical (unpaired) electrons. The largest absolute Gasteiger partial charge is 0.378 e. The van der Waals surface area contributed by atoms with Gasteiger partial charge in [0.15, 0.2) is 5.96 Å². The molecule has 128 valence electrons. The summed E-state index contributed by atoms with van der Waals surface area (Å²) in [7, 11) is 5.78. The molecule has 2 aromatic rings. The van der Waals surface area contributed by atoms with Crippen LogP contribution in [0.25, 0.3) is 0 Å². The number of aliphatic imine (C=N–C) groups is 1. The van der Waals surface area contributed by atoms with E-state index >= 15 is 0 Å². The van der Waals surface area contributed by atoms with Crippen LogP contribution < -0.4 is 15.5 Å². The van der Waals surface area contributed by atoms with Crippen molar-refractivity contribution in [3.05, 3.63) is 65.0 Å². The van der Waals surface area contributed by atoms with Crippen molar-refractivity contribution in [3.63, 3.8) is 0 Å². The number of benzene rings is 2. The van der Waals surface area contributed by atoms with Gasteiger partial charge in [-0.2, -0.15) is 0 Å². The van der Waals surface area contributed by atoms with Crippen molar-refractivity contribution in [2.75, 3.05) is 26.0 Å². The lowest BCUT2D eigenvalue weighted by atomic mass is 10.1. The zero-order valence-electron chi connectivity index (χ0n) is 14.7. The van der Waals surface area contributed by atoms with Crippen LogP contribution in [0.1, 0.15) is 16.7 Å². The summed E-state index contributed by atoms with van der Waals surface area (Å²) in [6.07, 6.45) is 0. The van der Waals surface area contributed by atoms with E-state index in [-0.39, 0.29) is 5.82 Å². The molecule has 0 aliphatic heterocycles. The van der Waals surface area contributed by atoms with E-state index in [2.05, 4.69) is 44.8 Å². The molecule has 0 aromatic heterocycles. The lowest BCUT2D eigenvalue weighted by molar-refractivity contribution is 0.617. The van der Waals surface area contributed by atoms with Gasteiger partial charge in [-0.15, -0.1) is 0 Å². The van der Waals surface area contributed by atoms with Crippen LogP contribution in [0.15, 0.2) is 47.5 Å². The van der Waals surface area contributed by atoms with Crippen LogP contribution in [0, 0.1) is 12.7 Å². The van der Waals surface area contributed by atoms with Gasteiger partial charge >= 0.3 is 0 Å². The molecule has 0 saturated heterocycles. The van der Waals surface area contributed by atoms with Crippen molar-refractivity contribution in [2.24, 2.45) is 4.99 Å². The molecule has 0 unspecified atom stereocenters. The SMILES string of the molecule is CN=C(NCc1ccc(N(C)C)cc1)NCc1ccc(F)c(C)c1. The van der Waals surface area contributed by atoms with Crippen LogP contribution in [-0.2, 0) is 13.1 Å². The van der Waals surface area contributed by atoms with Gasteiger partial charge in [-0.25, -0.2) is 4.39 Å². The maximum atomic E-state index is 13.3. The number of nitrogens with one attached hydrogen (secondary N) is 2. The average molecular weight is 328 g/mol. The maximum Gasteiger partial charge on any atom is 0.191 e. The lowest BCUT2D eigenvalue weighted by Crippen LogP contribution is -2.36. The summed E-state index contributed by atoms with van der Waals surface area (Å²) >= 11 is 0. The van der Waals surface area contributed by atoms with Gasteiger partial charge in [0.25, 0.3) is 0 Å². The van der Waals surface area contributed by atoms with E-state index in [1.807, 2.05) is 20.2 Å². The first-order valence-electron chi connectivity index (χ1n) is 7.95. The van der Waals surface area contributed by atoms with E-state index in [9.17, 15) is 4.39 Å². The third kappa shape index (κ3) is 4.98. The number of guanidine groups is 1. The predicted octanol–water partition coefficient (Wildman–Crippen LogP) is 3.07. The Morgan fingerprint density at radius 2 is 1.58 bits per heavy atom. The zero-order valence-corrected chi connectivity index (χ0v) is 14.7. The minimum atomic E-state index is -0.178. The van der Waals surface area contributed by atoms with Gasteiger partial charge in [0.1, 0.15) is 5.82 Å². The van der Waals surface area contributed by atoms with E-state index in [0.29, 0.717) is 24.6 Å². The van der Waals surface area contributed by atoms with E-state index < -0.39 is 0 Å². The van der Waals surface area contributed by atoms with Gasteiger partial charge in [-0.05, 0) is 41.8 Å². The number of anilines is 1. The fourth-order valence-electron chi connectivity index (χ4n) is 2.32. The molecular formula is C19H25FN4. The molecule has 0 heterocycles. The highest BCUT2D eigenvalue weighted by Gasteiger charge is 2.02. The Balaban J connectivity index is 1.87. The number of nitrogens with zero attached hydrogens (tertiary/aromatic N) is 2. The fourth-order valence-corrected chi connectivity index (χ4v) is 2.32. The van der Waals surface area contributed by atoms with Crippen molar-refractivity contribution < 1.29 is 4.39 Å². The van der Waals surface area contributed by atoms with E-state index in [0.717, 1.165) is 5.56 Å². The molecule has 2 rings (SSSR count). The number of halogens is 1. The molecule has 4 nitrogen and oxygen atoms in total. The van der Waals surface area contributed by atoms with Gasteiger partial charge < -0.3 is 15.5 Å². The lowest BCUT2D eigenvalue weighted by Gasteiger charge is -2.14. The minimum Gasteiger partial charge on any atom is -0.378 e. The molecule has 2 N–H and O–H groups in total. The van der Waals surface area contributed by atoms with Crippen LogP contribution in [-0.4, -0.2) is 27.1 Å². The van der Waals surface area contributed by atoms with E-state index in [4.69, 9.17) is 0 Å². The second-order valence-corrected chi connectivity index (χ2v) is 5.92. The Bertz CT molecular complexity index is 693. The standard InChI is InChI=1S/C19H25FN4/c1-14-11-16(7-10-18(14)20)13-23-19(21-2)22-12-15-5-8-17(9-6-15)24(3)4/h5-11H,12-13H2,1-4H3,(H2,21,22,23). The molecule has 0 atom stereocenters. The molecule has 0 fully saturated rings. The van der Waals surface area contributed by atoms with Crippen LogP contribution in [0.3, 0.4) is 0 Å². The van der Waals surface area contributed by atoms with E-state index in [1.165, 1.54) is 17.3 Å². The van der Waals surface area contributed by atoms with Crippen molar-refractivity contribution in [1.29, 1.82) is 0 Å². The minimum absolute atomic E-state index is 0.178. The van der Waals surface area contributed by atoms with E-state index in [1.54, 1.807) is 20.0 Å². The number of rotatable bonds is 5. The van der Waals surface area contributed by atoms with Gasteiger partial charge in [-0.1, -0.05) is 24.3 Å². The predicted molar refractivity (Wildman–Crippen MR) is 98.9 cm³/mol. The highest BCUT2D eigenvalue weighted by atomic mass is 19.1. The van der Waals surface area contributed by atoms with Gasteiger partial charge in [0.2, 0.25) is 0 Å². The van der Waals surface area contributed by atoms with Crippen molar-refractivity contribution in [3.8, 4) is 0 Å². The van der Waals surface area contributed by atoms with Crippen molar-refractivity contribution >= 4 is 11.6 Å². The average Bonchev–Trinajstić information content (AvgIpc) is 2.58. The monoisotopic (exact) mass is 328 g/mol. The topological polar surface area (TPSA) is 39.7 Å². The number of hydrogen-bond acceptors (Lipinski definition) is 2. The Labute approximate surface area is 143 Å². The summed E-state index contributed by atoms with van der Waals surface area (Å²) in [5.74, 6) is 0.538. The molecule has 0 saturated carbocycles. The fraction of sp³-hybridized carbons (Fsp3) is 0.316. The first-order chi connectivity index (χ1) is 11.5. The molecule has 0 spiro atoms. The smallest absolute Gasteiger partial charge is 0.191 e. The van der Waals surface area contributed by atoms with Gasteiger partial charge in [-0.3, -0.25) is 4.99 Å². The molecule has 24 heavy (non-hydrogen) atoms. The normalized spacial score (nSPS) is 11.3. The Morgan fingerprint density at radius 3 is 2.12 bits per heavy atom. The van der Waals surface area contributed by atoms with Gasteiger partial charge in [0, 0.05) is 39.9 Å². The molecule has 0 bridgehead atoms. The summed E-state index contributed by atoms with van der Waals surface area (Å²) < 4.78 is 13.3. The quantitative estimate of drug-likeness (QED) is 0.654. The van der Waals surface area contributed by atoms with Gasteiger partial charge in [0.05, 0.1) is 0 Å². The molecule has 0 amide bonds. The first-order valence-corrected chi connectivity index (χ1v) is 7.95. The highest BCUT2D eigenvalue weighted by molar-refractivity contribution is 5.79. The number of aryl methyl sites for hydroxylation is 1. The third-order valence-corrected chi connectivity index (χ3v) is 3.82. The van der Waals surface area contributed by atoms with Crippen molar-refractivity contribution in [1.82, 2.24) is 10.6 Å². The Kier molecular flexibility index (Phi) is 6.18. The first kappa shape index (κ1) is 17.8. The molecule has 2 aromatic carbocycles. The second kappa shape index (κ2) is 8.34. The second-order valence-electron chi connectivity index (χ2n) is 5.92.